The third-order valence-electron chi connectivity index (χ3n) is 4.70. The Balaban J connectivity index is 1.51. The quantitative estimate of drug-likeness (QED) is 0.521. The first-order chi connectivity index (χ1) is 12.7. The van der Waals surface area contributed by atoms with Crippen molar-refractivity contribution in [3.63, 3.8) is 0 Å². The van der Waals surface area contributed by atoms with Crippen LogP contribution in [0.5, 0.6) is 0 Å². The molecule has 0 spiro atoms. The zero-order valence-electron chi connectivity index (χ0n) is 14.6. The molecule has 0 amide bonds. The Morgan fingerprint density at radius 2 is 1.73 bits per heavy atom. The predicted molar refractivity (Wildman–Crippen MR) is 102 cm³/mol. The van der Waals surface area contributed by atoms with E-state index in [1.165, 1.54) is 11.1 Å². The molecule has 5 rings (SSSR count). The molecule has 0 saturated carbocycles. The smallest absolute Gasteiger partial charge is 0.181 e. The van der Waals surface area contributed by atoms with Crippen LogP contribution in [0.1, 0.15) is 16.8 Å². The van der Waals surface area contributed by atoms with Crippen LogP contribution < -0.4 is 0 Å². The number of hydrogen-bond acceptors (Lipinski definition) is 3. The number of aromatic nitrogens is 6. The van der Waals surface area contributed by atoms with E-state index < -0.39 is 0 Å². The number of imidazole rings is 1. The molecule has 3 heterocycles. The van der Waals surface area contributed by atoms with Gasteiger partial charge < -0.3 is 10.2 Å². The maximum atomic E-state index is 4.73. The number of benzene rings is 2. The Morgan fingerprint density at radius 1 is 0.962 bits per heavy atom. The highest BCUT2D eigenvalue weighted by Crippen LogP contribution is 2.24. The highest BCUT2D eigenvalue weighted by molar-refractivity contribution is 5.93. The van der Waals surface area contributed by atoms with Gasteiger partial charge in [0.2, 0.25) is 0 Å². The molecule has 6 heteroatoms. The summed E-state index contributed by atoms with van der Waals surface area (Å²) in [5.74, 6) is 0.669. The van der Waals surface area contributed by atoms with Crippen LogP contribution in [0, 0.1) is 13.8 Å². The van der Waals surface area contributed by atoms with Gasteiger partial charge in [-0.1, -0.05) is 29.8 Å². The first-order valence-electron chi connectivity index (χ1n) is 8.59. The van der Waals surface area contributed by atoms with Gasteiger partial charge in [0.05, 0.1) is 23.1 Å². The Hall–Kier alpha value is -3.41. The van der Waals surface area contributed by atoms with Crippen LogP contribution in [0.2, 0.25) is 0 Å². The zero-order valence-corrected chi connectivity index (χ0v) is 14.6. The molecule has 5 aromatic rings. The highest BCUT2D eigenvalue weighted by Gasteiger charge is 2.13. The molecule has 0 radical (unpaired) electrons. The number of aromatic amines is 2. The third kappa shape index (κ3) is 2.47. The highest BCUT2D eigenvalue weighted by atomic mass is 15.3. The van der Waals surface area contributed by atoms with E-state index in [-0.39, 0.29) is 0 Å². The maximum Gasteiger partial charge on any atom is 0.181 e. The molecule has 0 saturated heterocycles. The predicted octanol–water partition coefficient (Wildman–Crippen LogP) is 3.97. The number of aryl methyl sites for hydroxylation is 2. The lowest BCUT2D eigenvalue weighted by Crippen LogP contribution is -2.03. The molecule has 26 heavy (non-hydrogen) atoms. The van der Waals surface area contributed by atoms with Gasteiger partial charge in [-0.3, -0.25) is 4.68 Å². The van der Waals surface area contributed by atoms with Crippen LogP contribution in [0.4, 0.5) is 0 Å². The summed E-state index contributed by atoms with van der Waals surface area (Å²) >= 11 is 0. The van der Waals surface area contributed by atoms with E-state index >= 15 is 0 Å². The van der Waals surface area contributed by atoms with E-state index in [9.17, 15) is 0 Å². The summed E-state index contributed by atoms with van der Waals surface area (Å²) in [6.07, 6.45) is 1.92. The van der Waals surface area contributed by atoms with E-state index in [2.05, 4.69) is 58.3 Å². The lowest BCUT2D eigenvalue weighted by Gasteiger charge is -2.04. The van der Waals surface area contributed by atoms with Gasteiger partial charge in [-0.25, -0.2) is 9.97 Å². The molecular weight excluding hydrogens is 324 g/mol. The van der Waals surface area contributed by atoms with E-state index in [4.69, 9.17) is 5.10 Å². The minimum Gasteiger partial charge on any atom is -0.307 e. The molecule has 128 valence electrons. The van der Waals surface area contributed by atoms with Crippen molar-refractivity contribution in [2.75, 3.05) is 0 Å². The van der Waals surface area contributed by atoms with Gasteiger partial charge in [-0.2, -0.15) is 5.10 Å². The van der Waals surface area contributed by atoms with Gasteiger partial charge in [0, 0.05) is 17.3 Å². The second kappa shape index (κ2) is 5.56. The fourth-order valence-corrected chi connectivity index (χ4v) is 3.20. The van der Waals surface area contributed by atoms with Crippen molar-refractivity contribution in [1.29, 1.82) is 0 Å². The van der Waals surface area contributed by atoms with Gasteiger partial charge >= 0.3 is 0 Å². The van der Waals surface area contributed by atoms with Crippen molar-refractivity contribution < 1.29 is 0 Å². The SMILES string of the molecule is Cc1ccc(Cn2nc(-c3nc4cc5c[nH][nH]c5cc4n3)cc2C)cc1. The Labute approximate surface area is 149 Å². The van der Waals surface area contributed by atoms with E-state index in [0.717, 1.165) is 39.9 Å². The number of fused-ring (bicyclic) bond motifs is 2. The summed E-state index contributed by atoms with van der Waals surface area (Å²) in [7, 11) is 0. The number of nitrogens with one attached hydrogen (secondary N) is 2. The summed E-state index contributed by atoms with van der Waals surface area (Å²) in [4.78, 5) is 9.34. The molecule has 0 bridgehead atoms. The van der Waals surface area contributed by atoms with Gasteiger partial charge in [0.15, 0.2) is 5.82 Å². The Bertz CT molecular complexity index is 1170. The van der Waals surface area contributed by atoms with Crippen LogP contribution >= 0.6 is 0 Å². The van der Waals surface area contributed by atoms with Gasteiger partial charge in [0.1, 0.15) is 5.69 Å². The van der Waals surface area contributed by atoms with Crippen molar-refractivity contribution in [3.05, 3.63) is 65.5 Å². The van der Waals surface area contributed by atoms with Crippen LogP contribution in [-0.2, 0) is 6.54 Å². The van der Waals surface area contributed by atoms with Crippen molar-refractivity contribution in [2.45, 2.75) is 20.4 Å². The summed E-state index contributed by atoms with van der Waals surface area (Å²) < 4.78 is 2.00. The normalized spacial score (nSPS) is 11.6. The number of H-pyrrole nitrogens is 2. The summed E-state index contributed by atoms with van der Waals surface area (Å²) in [5.41, 5.74) is 7.16. The van der Waals surface area contributed by atoms with Crippen LogP contribution in [0.15, 0.2) is 48.7 Å². The average Bonchev–Trinajstić information content (AvgIpc) is 3.33. The molecule has 2 N–H and O–H groups in total. The molecule has 0 aliphatic rings. The lowest BCUT2D eigenvalue weighted by molar-refractivity contribution is 0.666. The van der Waals surface area contributed by atoms with E-state index in [1.54, 1.807) is 0 Å². The molecule has 2 aromatic carbocycles. The minimum atomic E-state index is 0.669. The average molecular weight is 342 g/mol. The fraction of sp³-hybridized carbons (Fsp3) is 0.150. The maximum absolute atomic E-state index is 4.73. The molecule has 0 unspecified atom stereocenters. The van der Waals surface area contributed by atoms with Crippen LogP contribution in [-0.4, -0.2) is 29.9 Å². The molecule has 6 nitrogen and oxygen atoms in total. The monoisotopic (exact) mass is 342 g/mol. The van der Waals surface area contributed by atoms with Crippen LogP contribution in [0.3, 0.4) is 0 Å². The van der Waals surface area contributed by atoms with Gasteiger partial charge in [0.25, 0.3) is 0 Å². The van der Waals surface area contributed by atoms with Crippen molar-refractivity contribution >= 4 is 21.9 Å². The van der Waals surface area contributed by atoms with Crippen molar-refractivity contribution in [1.82, 2.24) is 29.9 Å². The van der Waals surface area contributed by atoms with Crippen molar-refractivity contribution in [2.24, 2.45) is 0 Å². The van der Waals surface area contributed by atoms with E-state index in [0.29, 0.717) is 5.82 Å². The number of nitrogens with zero attached hydrogens (tertiary/aromatic N) is 4. The summed E-state index contributed by atoms with van der Waals surface area (Å²) in [6, 6.07) is 14.6. The lowest BCUT2D eigenvalue weighted by atomic mass is 10.1. The molecule has 0 aliphatic carbocycles. The van der Waals surface area contributed by atoms with Gasteiger partial charge in [-0.05, 0) is 37.6 Å². The van der Waals surface area contributed by atoms with Gasteiger partial charge in [-0.15, -0.1) is 0 Å². The number of hydrogen-bond donors (Lipinski definition) is 2. The largest absolute Gasteiger partial charge is 0.307 e. The Kier molecular flexibility index (Phi) is 3.18. The minimum absolute atomic E-state index is 0.669. The number of rotatable bonds is 3. The fourth-order valence-electron chi connectivity index (χ4n) is 3.20. The molecule has 0 fully saturated rings. The standard InChI is InChI=1S/C20H18N6/c1-12-3-5-14(6-4-12)11-26-13(2)7-19(25-26)20-22-17-8-15-10-21-24-16(15)9-18(17)23-20/h3-10,21,24H,11H2,1-2H3. The second-order valence-electron chi connectivity index (χ2n) is 6.70. The van der Waals surface area contributed by atoms with Crippen LogP contribution in [0.25, 0.3) is 33.5 Å². The van der Waals surface area contributed by atoms with E-state index in [1.807, 2.05) is 29.1 Å². The first-order valence-corrected chi connectivity index (χ1v) is 8.59. The Morgan fingerprint density at radius 3 is 2.54 bits per heavy atom. The molecule has 0 aliphatic heterocycles. The first kappa shape index (κ1) is 14.9. The van der Waals surface area contributed by atoms with Crippen molar-refractivity contribution in [3.8, 4) is 11.5 Å². The molecule has 0 atom stereocenters. The molecule has 3 aromatic heterocycles. The molecular formula is C20H18N6. The third-order valence-corrected chi connectivity index (χ3v) is 4.70. The topological polar surface area (TPSA) is 75.2 Å². The zero-order chi connectivity index (χ0) is 17.7. The summed E-state index contributed by atoms with van der Waals surface area (Å²) in [5, 5.41) is 11.9. The summed E-state index contributed by atoms with van der Waals surface area (Å²) in [6.45, 7) is 4.90. The second-order valence-corrected chi connectivity index (χ2v) is 6.70.